The van der Waals surface area contributed by atoms with Crippen LogP contribution in [0, 0.1) is 3.70 Å². The standard InChI is InChI=1S/C20H21IN2O2S/c1-13(15-5-4-6-16(10-15)24-2)22-11-14-7-8-18(25-3)17(9-14)20-23-19(21)12-26-20/h4-10,12-13,22H,11H2,1-3H3/t13-/m1/s1. The summed E-state index contributed by atoms with van der Waals surface area (Å²) in [7, 11) is 3.38. The molecule has 1 atom stereocenters. The van der Waals surface area contributed by atoms with Gasteiger partial charge >= 0.3 is 0 Å². The molecule has 6 heteroatoms. The van der Waals surface area contributed by atoms with Crippen LogP contribution in [0.5, 0.6) is 11.5 Å². The van der Waals surface area contributed by atoms with Gasteiger partial charge in [0.25, 0.3) is 0 Å². The lowest BCUT2D eigenvalue weighted by Crippen LogP contribution is -2.18. The molecule has 3 rings (SSSR count). The van der Waals surface area contributed by atoms with Crippen LogP contribution in [0.1, 0.15) is 24.1 Å². The van der Waals surface area contributed by atoms with Gasteiger partial charge in [-0.3, -0.25) is 0 Å². The molecule has 26 heavy (non-hydrogen) atoms. The first-order chi connectivity index (χ1) is 12.6. The lowest BCUT2D eigenvalue weighted by atomic mass is 10.1. The van der Waals surface area contributed by atoms with Crippen LogP contribution in [0.3, 0.4) is 0 Å². The molecule has 0 saturated carbocycles. The summed E-state index contributed by atoms with van der Waals surface area (Å²) < 4.78 is 11.8. The fourth-order valence-electron chi connectivity index (χ4n) is 2.71. The van der Waals surface area contributed by atoms with Crippen molar-refractivity contribution in [3.05, 3.63) is 62.7 Å². The fourth-order valence-corrected chi connectivity index (χ4v) is 4.20. The van der Waals surface area contributed by atoms with Gasteiger partial charge in [-0.05, 0) is 64.9 Å². The summed E-state index contributed by atoms with van der Waals surface area (Å²) in [6.07, 6.45) is 0. The first-order valence-electron chi connectivity index (χ1n) is 8.26. The Bertz CT molecular complexity index is 882. The topological polar surface area (TPSA) is 43.4 Å². The van der Waals surface area contributed by atoms with E-state index in [1.54, 1.807) is 25.6 Å². The molecule has 0 aliphatic rings. The first-order valence-corrected chi connectivity index (χ1v) is 10.2. The predicted molar refractivity (Wildman–Crippen MR) is 115 cm³/mol. The number of ether oxygens (including phenoxy) is 2. The second-order valence-electron chi connectivity index (χ2n) is 5.89. The van der Waals surface area contributed by atoms with E-state index in [-0.39, 0.29) is 6.04 Å². The molecular weight excluding hydrogens is 459 g/mol. The third-order valence-corrected chi connectivity index (χ3v) is 6.03. The van der Waals surface area contributed by atoms with Gasteiger partial charge in [-0.1, -0.05) is 18.2 Å². The summed E-state index contributed by atoms with van der Waals surface area (Å²) in [6, 6.07) is 14.6. The third kappa shape index (κ3) is 4.55. The first kappa shape index (κ1) is 19.1. The zero-order valence-electron chi connectivity index (χ0n) is 15.0. The van der Waals surface area contributed by atoms with Gasteiger partial charge in [-0.15, -0.1) is 11.3 Å². The predicted octanol–water partition coefficient (Wildman–Crippen LogP) is 5.28. The number of methoxy groups -OCH3 is 2. The molecule has 0 aliphatic heterocycles. The maximum absolute atomic E-state index is 5.51. The number of rotatable bonds is 7. The highest BCUT2D eigenvalue weighted by Crippen LogP contribution is 2.33. The molecule has 3 aromatic rings. The van der Waals surface area contributed by atoms with Crippen molar-refractivity contribution in [2.45, 2.75) is 19.5 Å². The van der Waals surface area contributed by atoms with Crippen LogP contribution in [0.2, 0.25) is 0 Å². The van der Waals surface area contributed by atoms with E-state index in [0.717, 1.165) is 32.3 Å². The van der Waals surface area contributed by atoms with Crippen LogP contribution in [0.15, 0.2) is 47.8 Å². The lowest BCUT2D eigenvalue weighted by Gasteiger charge is -2.16. The molecule has 0 unspecified atom stereocenters. The highest BCUT2D eigenvalue weighted by Gasteiger charge is 2.12. The number of nitrogens with zero attached hydrogens (tertiary/aromatic N) is 1. The molecule has 2 aromatic carbocycles. The number of nitrogens with one attached hydrogen (secondary N) is 1. The van der Waals surface area contributed by atoms with Gasteiger partial charge < -0.3 is 14.8 Å². The van der Waals surface area contributed by atoms with E-state index in [9.17, 15) is 0 Å². The number of benzene rings is 2. The summed E-state index contributed by atoms with van der Waals surface area (Å²) in [5, 5.41) is 6.60. The van der Waals surface area contributed by atoms with Crippen molar-refractivity contribution in [3.63, 3.8) is 0 Å². The molecule has 1 heterocycles. The minimum Gasteiger partial charge on any atom is -0.497 e. The van der Waals surface area contributed by atoms with Crippen molar-refractivity contribution in [1.29, 1.82) is 0 Å². The number of hydrogen-bond donors (Lipinski definition) is 1. The highest BCUT2D eigenvalue weighted by molar-refractivity contribution is 14.1. The average Bonchev–Trinajstić information content (AvgIpc) is 3.12. The fraction of sp³-hybridized carbons (Fsp3) is 0.250. The number of hydrogen-bond acceptors (Lipinski definition) is 5. The van der Waals surface area contributed by atoms with Gasteiger partial charge in [0.2, 0.25) is 0 Å². The van der Waals surface area contributed by atoms with E-state index in [1.165, 1.54) is 11.1 Å². The van der Waals surface area contributed by atoms with Gasteiger partial charge in [-0.2, -0.15) is 0 Å². The molecule has 0 aliphatic carbocycles. The Morgan fingerprint density at radius 1 is 1.15 bits per heavy atom. The molecule has 0 amide bonds. The number of thiazole rings is 1. The van der Waals surface area contributed by atoms with E-state index in [2.05, 4.69) is 64.1 Å². The molecule has 0 radical (unpaired) electrons. The van der Waals surface area contributed by atoms with Crippen molar-refractivity contribution in [2.24, 2.45) is 0 Å². The van der Waals surface area contributed by atoms with Crippen LogP contribution in [0.4, 0.5) is 0 Å². The number of halogens is 1. The highest BCUT2D eigenvalue weighted by atomic mass is 127. The minimum atomic E-state index is 0.219. The second-order valence-corrected chi connectivity index (χ2v) is 7.85. The van der Waals surface area contributed by atoms with Crippen molar-refractivity contribution >= 4 is 33.9 Å². The summed E-state index contributed by atoms with van der Waals surface area (Å²) >= 11 is 3.87. The largest absolute Gasteiger partial charge is 0.497 e. The maximum atomic E-state index is 5.51. The molecule has 0 bridgehead atoms. The molecule has 4 nitrogen and oxygen atoms in total. The Kier molecular flexibility index (Phi) is 6.50. The van der Waals surface area contributed by atoms with E-state index in [4.69, 9.17) is 9.47 Å². The van der Waals surface area contributed by atoms with Gasteiger partial charge in [0.05, 0.1) is 19.8 Å². The van der Waals surface area contributed by atoms with Crippen LogP contribution < -0.4 is 14.8 Å². The smallest absolute Gasteiger partial charge is 0.129 e. The van der Waals surface area contributed by atoms with Gasteiger partial charge in [-0.25, -0.2) is 4.98 Å². The lowest BCUT2D eigenvalue weighted by molar-refractivity contribution is 0.413. The summed E-state index contributed by atoms with van der Waals surface area (Å²) in [5.74, 6) is 1.72. The van der Waals surface area contributed by atoms with Crippen molar-refractivity contribution in [1.82, 2.24) is 10.3 Å². The third-order valence-electron chi connectivity index (χ3n) is 4.18. The Balaban J connectivity index is 1.75. The van der Waals surface area contributed by atoms with E-state index in [1.807, 2.05) is 23.6 Å². The second kappa shape index (κ2) is 8.83. The molecule has 0 spiro atoms. The maximum Gasteiger partial charge on any atom is 0.129 e. The molecule has 1 aromatic heterocycles. The quantitative estimate of drug-likeness (QED) is 0.468. The Morgan fingerprint density at radius 3 is 2.69 bits per heavy atom. The van der Waals surface area contributed by atoms with Crippen LogP contribution in [-0.4, -0.2) is 19.2 Å². The zero-order chi connectivity index (χ0) is 18.5. The van der Waals surface area contributed by atoms with Gasteiger partial charge in [0.15, 0.2) is 0 Å². The van der Waals surface area contributed by atoms with Gasteiger partial charge in [0.1, 0.15) is 20.2 Å². The zero-order valence-corrected chi connectivity index (χ0v) is 17.9. The molecule has 0 fully saturated rings. The van der Waals surface area contributed by atoms with Crippen LogP contribution in [0.25, 0.3) is 10.6 Å². The molecule has 1 N–H and O–H groups in total. The molecule has 136 valence electrons. The summed E-state index contributed by atoms with van der Waals surface area (Å²) in [5.41, 5.74) is 3.43. The Hall–Kier alpha value is -1.64. The van der Waals surface area contributed by atoms with Crippen LogP contribution in [-0.2, 0) is 6.54 Å². The Labute approximate surface area is 171 Å². The normalized spacial score (nSPS) is 12.0. The SMILES string of the molecule is COc1cccc([C@@H](C)NCc2ccc(OC)c(-c3nc(I)cs3)c2)c1. The van der Waals surface area contributed by atoms with Crippen molar-refractivity contribution in [3.8, 4) is 22.1 Å². The van der Waals surface area contributed by atoms with Gasteiger partial charge in [0, 0.05) is 18.0 Å². The molecular formula is C20H21IN2O2S. The number of aromatic nitrogens is 1. The summed E-state index contributed by atoms with van der Waals surface area (Å²) in [4.78, 5) is 4.58. The Morgan fingerprint density at radius 2 is 2.00 bits per heavy atom. The van der Waals surface area contributed by atoms with Crippen LogP contribution >= 0.6 is 33.9 Å². The van der Waals surface area contributed by atoms with Crippen molar-refractivity contribution in [2.75, 3.05) is 14.2 Å². The monoisotopic (exact) mass is 480 g/mol. The van der Waals surface area contributed by atoms with E-state index >= 15 is 0 Å². The van der Waals surface area contributed by atoms with E-state index < -0.39 is 0 Å². The molecule has 0 saturated heterocycles. The summed E-state index contributed by atoms with van der Waals surface area (Å²) in [6.45, 7) is 2.92. The average molecular weight is 480 g/mol. The van der Waals surface area contributed by atoms with E-state index in [0.29, 0.717) is 0 Å². The van der Waals surface area contributed by atoms with Crippen molar-refractivity contribution < 1.29 is 9.47 Å². The minimum absolute atomic E-state index is 0.219.